The fourth-order valence-corrected chi connectivity index (χ4v) is 3.28. The van der Waals surface area contributed by atoms with Crippen LogP contribution in [0.15, 0.2) is 36.9 Å². The highest BCUT2D eigenvalue weighted by atomic mass is 16.2. The van der Waals surface area contributed by atoms with Gasteiger partial charge in [0, 0.05) is 25.2 Å². The van der Waals surface area contributed by atoms with Crippen LogP contribution in [0.4, 0.5) is 5.69 Å². The van der Waals surface area contributed by atoms with Crippen molar-refractivity contribution in [3.8, 4) is 0 Å². The molecule has 0 spiro atoms. The molecule has 3 heteroatoms. The normalized spacial score (nSPS) is 15.5. The summed E-state index contributed by atoms with van der Waals surface area (Å²) in [5, 5.41) is 0. The van der Waals surface area contributed by atoms with Gasteiger partial charge < -0.3 is 10.6 Å². The summed E-state index contributed by atoms with van der Waals surface area (Å²) in [6.45, 7) is 5.33. The van der Waals surface area contributed by atoms with E-state index in [0.29, 0.717) is 25.3 Å². The third-order valence-electron chi connectivity index (χ3n) is 4.57. The third-order valence-corrected chi connectivity index (χ3v) is 4.57. The fraction of sp³-hybridized carbons (Fsp3) is 0.526. The molecule has 0 bridgehead atoms. The van der Waals surface area contributed by atoms with Gasteiger partial charge in [0.05, 0.1) is 0 Å². The van der Waals surface area contributed by atoms with E-state index in [9.17, 15) is 4.79 Å². The molecule has 1 aromatic rings. The van der Waals surface area contributed by atoms with Crippen molar-refractivity contribution in [2.45, 2.75) is 44.9 Å². The summed E-state index contributed by atoms with van der Waals surface area (Å²) in [6.07, 6.45) is 9.54. The van der Waals surface area contributed by atoms with E-state index in [4.69, 9.17) is 5.73 Å². The first-order valence-corrected chi connectivity index (χ1v) is 8.42. The maximum Gasteiger partial charge on any atom is 0.223 e. The fourth-order valence-electron chi connectivity index (χ4n) is 3.28. The lowest BCUT2D eigenvalue weighted by Gasteiger charge is -2.29. The third kappa shape index (κ3) is 4.90. The average molecular weight is 300 g/mol. The number of hydrogen-bond donors (Lipinski definition) is 1. The van der Waals surface area contributed by atoms with Gasteiger partial charge in [-0.1, -0.05) is 43.5 Å². The largest absolute Gasteiger partial charge is 0.399 e. The Morgan fingerprint density at radius 2 is 2.00 bits per heavy atom. The van der Waals surface area contributed by atoms with E-state index >= 15 is 0 Å². The summed E-state index contributed by atoms with van der Waals surface area (Å²) in [4.78, 5) is 14.5. The van der Waals surface area contributed by atoms with E-state index in [0.717, 1.165) is 17.8 Å². The molecule has 1 amide bonds. The van der Waals surface area contributed by atoms with Crippen molar-refractivity contribution < 1.29 is 4.79 Å². The zero-order valence-electron chi connectivity index (χ0n) is 13.5. The number of carbonyl (C=O) groups is 1. The van der Waals surface area contributed by atoms with Crippen LogP contribution in [0.25, 0.3) is 0 Å². The Balaban J connectivity index is 1.88. The topological polar surface area (TPSA) is 46.3 Å². The van der Waals surface area contributed by atoms with Crippen molar-refractivity contribution in [3.63, 3.8) is 0 Å². The number of nitrogens with two attached hydrogens (primary N) is 1. The summed E-state index contributed by atoms with van der Waals surface area (Å²) < 4.78 is 0. The molecule has 0 aliphatic heterocycles. The maximum absolute atomic E-state index is 12.5. The maximum atomic E-state index is 12.5. The van der Waals surface area contributed by atoms with E-state index in [-0.39, 0.29) is 5.91 Å². The lowest BCUT2D eigenvalue weighted by molar-refractivity contribution is -0.131. The van der Waals surface area contributed by atoms with Gasteiger partial charge in [0.1, 0.15) is 0 Å². The molecule has 1 saturated carbocycles. The molecule has 0 unspecified atom stereocenters. The van der Waals surface area contributed by atoms with Crippen LogP contribution in [0.3, 0.4) is 0 Å². The molecule has 0 atom stereocenters. The van der Waals surface area contributed by atoms with Crippen LogP contribution in [0.2, 0.25) is 0 Å². The molecule has 0 heterocycles. The van der Waals surface area contributed by atoms with Gasteiger partial charge in [0.15, 0.2) is 0 Å². The quantitative estimate of drug-likeness (QED) is 0.615. The van der Waals surface area contributed by atoms with E-state index in [2.05, 4.69) is 6.58 Å². The van der Waals surface area contributed by atoms with Gasteiger partial charge in [-0.3, -0.25) is 4.79 Å². The molecular weight excluding hydrogens is 272 g/mol. The Morgan fingerprint density at radius 3 is 2.68 bits per heavy atom. The average Bonchev–Trinajstić information content (AvgIpc) is 2.54. The molecule has 120 valence electrons. The van der Waals surface area contributed by atoms with E-state index in [1.807, 2.05) is 35.2 Å². The van der Waals surface area contributed by atoms with Crippen LogP contribution in [-0.4, -0.2) is 23.9 Å². The number of aryl methyl sites for hydroxylation is 1. The zero-order valence-corrected chi connectivity index (χ0v) is 13.5. The number of anilines is 1. The second-order valence-corrected chi connectivity index (χ2v) is 6.29. The summed E-state index contributed by atoms with van der Waals surface area (Å²) in [5.74, 6) is 0.883. The number of amides is 1. The number of hydrogen-bond acceptors (Lipinski definition) is 2. The predicted octanol–water partition coefficient (Wildman–Crippen LogP) is 3.80. The highest BCUT2D eigenvalue weighted by molar-refractivity contribution is 5.77. The van der Waals surface area contributed by atoms with Gasteiger partial charge in [-0.2, -0.15) is 0 Å². The predicted molar refractivity (Wildman–Crippen MR) is 92.5 cm³/mol. The molecule has 3 nitrogen and oxygen atoms in total. The smallest absolute Gasteiger partial charge is 0.223 e. The molecule has 1 aliphatic carbocycles. The minimum Gasteiger partial charge on any atom is -0.399 e. The molecule has 1 aliphatic rings. The van der Waals surface area contributed by atoms with Crippen molar-refractivity contribution in [1.82, 2.24) is 4.90 Å². The first-order chi connectivity index (χ1) is 10.7. The number of carbonyl (C=O) groups excluding carboxylic acids is 1. The molecular formula is C19H28N2O. The standard InChI is InChI=1S/C19H28N2O/c1-2-14-21(15-16-8-4-3-5-9-16)19(22)13-12-17-10-6-7-11-18(17)20/h2,6-7,10-11,16H,1,3-5,8-9,12-15,20H2. The van der Waals surface area contributed by atoms with E-state index < -0.39 is 0 Å². The Bertz CT molecular complexity index is 492. The SMILES string of the molecule is C=CCN(CC1CCCCC1)C(=O)CCc1ccccc1N. The molecule has 2 rings (SSSR count). The van der Waals surface area contributed by atoms with Crippen molar-refractivity contribution >= 4 is 11.6 Å². The van der Waals surface area contributed by atoms with Gasteiger partial charge in [-0.05, 0) is 36.8 Å². The molecule has 22 heavy (non-hydrogen) atoms. The van der Waals surface area contributed by atoms with Gasteiger partial charge in [0.2, 0.25) is 5.91 Å². The first kappa shape index (κ1) is 16.6. The number of rotatable bonds is 7. The number of para-hydroxylation sites is 1. The summed E-state index contributed by atoms with van der Waals surface area (Å²) >= 11 is 0. The van der Waals surface area contributed by atoms with Crippen LogP contribution >= 0.6 is 0 Å². The van der Waals surface area contributed by atoms with Crippen LogP contribution in [-0.2, 0) is 11.2 Å². The lowest BCUT2D eigenvalue weighted by atomic mass is 9.89. The van der Waals surface area contributed by atoms with E-state index in [1.165, 1.54) is 32.1 Å². The Hall–Kier alpha value is -1.77. The van der Waals surface area contributed by atoms with Crippen molar-refractivity contribution in [2.24, 2.45) is 5.92 Å². The van der Waals surface area contributed by atoms with Gasteiger partial charge in [0.25, 0.3) is 0 Å². The second-order valence-electron chi connectivity index (χ2n) is 6.29. The summed E-state index contributed by atoms with van der Waals surface area (Å²) in [5.41, 5.74) is 7.79. The summed E-state index contributed by atoms with van der Waals surface area (Å²) in [6, 6.07) is 7.79. The minimum atomic E-state index is 0.216. The Labute approximate surface area is 134 Å². The lowest BCUT2D eigenvalue weighted by Crippen LogP contribution is -2.36. The van der Waals surface area contributed by atoms with Gasteiger partial charge in [-0.25, -0.2) is 0 Å². The highest BCUT2D eigenvalue weighted by Gasteiger charge is 2.20. The first-order valence-electron chi connectivity index (χ1n) is 8.42. The zero-order chi connectivity index (χ0) is 15.8. The molecule has 0 radical (unpaired) electrons. The second kappa shape index (κ2) is 8.62. The molecule has 2 N–H and O–H groups in total. The summed E-state index contributed by atoms with van der Waals surface area (Å²) in [7, 11) is 0. The van der Waals surface area contributed by atoms with Crippen LogP contribution in [0.1, 0.15) is 44.1 Å². The van der Waals surface area contributed by atoms with Gasteiger partial charge >= 0.3 is 0 Å². The van der Waals surface area contributed by atoms with Gasteiger partial charge in [-0.15, -0.1) is 6.58 Å². The monoisotopic (exact) mass is 300 g/mol. The van der Waals surface area contributed by atoms with Crippen LogP contribution < -0.4 is 5.73 Å². The number of nitrogen functional groups attached to an aromatic ring is 1. The molecule has 0 aromatic heterocycles. The highest BCUT2D eigenvalue weighted by Crippen LogP contribution is 2.24. The van der Waals surface area contributed by atoms with Crippen molar-refractivity contribution in [1.29, 1.82) is 0 Å². The molecule has 0 saturated heterocycles. The van der Waals surface area contributed by atoms with Crippen molar-refractivity contribution in [2.75, 3.05) is 18.8 Å². The molecule has 1 fully saturated rings. The minimum absolute atomic E-state index is 0.216. The van der Waals surface area contributed by atoms with Crippen LogP contribution in [0.5, 0.6) is 0 Å². The van der Waals surface area contributed by atoms with Crippen LogP contribution in [0, 0.1) is 5.92 Å². The Morgan fingerprint density at radius 1 is 1.27 bits per heavy atom. The van der Waals surface area contributed by atoms with E-state index in [1.54, 1.807) is 0 Å². The van der Waals surface area contributed by atoms with Crippen molar-refractivity contribution in [3.05, 3.63) is 42.5 Å². The number of benzene rings is 1. The molecule has 1 aromatic carbocycles. The Kier molecular flexibility index (Phi) is 6.50. The number of nitrogens with zero attached hydrogens (tertiary/aromatic N) is 1.